The standard InChI is InChI=1S/C19H15N3O2S/c23-18-13-25-19(21-20-11-16-8-4-10-24-16)22(18)12-15-7-3-6-14-5-1-2-9-17(14)15/h1-11H,12-13H2/b20-11-,21-19+. The van der Waals surface area contributed by atoms with Gasteiger partial charge in [-0.25, -0.2) is 0 Å². The van der Waals surface area contributed by atoms with Crippen molar-refractivity contribution in [3.63, 3.8) is 0 Å². The highest BCUT2D eigenvalue weighted by Crippen LogP contribution is 2.25. The Labute approximate surface area is 149 Å². The molecule has 25 heavy (non-hydrogen) atoms. The van der Waals surface area contributed by atoms with Gasteiger partial charge in [0.05, 0.1) is 24.8 Å². The van der Waals surface area contributed by atoms with Crippen LogP contribution in [0, 0.1) is 0 Å². The van der Waals surface area contributed by atoms with Gasteiger partial charge in [-0.1, -0.05) is 54.2 Å². The molecule has 0 radical (unpaired) electrons. The van der Waals surface area contributed by atoms with Crippen LogP contribution < -0.4 is 0 Å². The number of nitrogens with zero attached hydrogens (tertiary/aromatic N) is 3. The fourth-order valence-electron chi connectivity index (χ4n) is 2.73. The Morgan fingerprint density at radius 3 is 2.88 bits per heavy atom. The van der Waals surface area contributed by atoms with E-state index in [0.717, 1.165) is 16.3 Å². The number of fused-ring (bicyclic) bond motifs is 1. The van der Waals surface area contributed by atoms with Crippen molar-refractivity contribution in [3.05, 3.63) is 72.2 Å². The van der Waals surface area contributed by atoms with Crippen molar-refractivity contribution in [1.29, 1.82) is 0 Å². The minimum Gasteiger partial charge on any atom is -0.463 e. The zero-order chi connectivity index (χ0) is 17.1. The number of carbonyl (C=O) groups excluding carboxylic acids is 1. The molecule has 2 heterocycles. The van der Waals surface area contributed by atoms with Crippen LogP contribution in [0.25, 0.3) is 10.8 Å². The van der Waals surface area contributed by atoms with Crippen LogP contribution in [-0.4, -0.2) is 27.9 Å². The number of hydrogen-bond donors (Lipinski definition) is 0. The molecular formula is C19H15N3O2S. The maximum Gasteiger partial charge on any atom is 0.239 e. The lowest BCUT2D eigenvalue weighted by atomic mass is 10.0. The molecular weight excluding hydrogens is 334 g/mol. The van der Waals surface area contributed by atoms with E-state index in [-0.39, 0.29) is 5.91 Å². The van der Waals surface area contributed by atoms with Crippen LogP contribution in [-0.2, 0) is 11.3 Å². The quantitative estimate of drug-likeness (QED) is 0.530. The van der Waals surface area contributed by atoms with Gasteiger partial charge in [-0.05, 0) is 28.5 Å². The molecule has 124 valence electrons. The predicted octanol–water partition coefficient (Wildman–Crippen LogP) is 3.90. The second-order valence-corrected chi connectivity index (χ2v) is 6.49. The third-order valence-electron chi connectivity index (χ3n) is 3.94. The van der Waals surface area contributed by atoms with E-state index in [1.165, 1.54) is 18.0 Å². The van der Waals surface area contributed by atoms with Crippen molar-refractivity contribution >= 4 is 39.8 Å². The summed E-state index contributed by atoms with van der Waals surface area (Å²) in [5.41, 5.74) is 1.09. The van der Waals surface area contributed by atoms with E-state index in [9.17, 15) is 4.79 Å². The molecule has 1 saturated heterocycles. The second kappa shape index (κ2) is 6.94. The lowest BCUT2D eigenvalue weighted by Gasteiger charge is -2.16. The van der Waals surface area contributed by atoms with E-state index >= 15 is 0 Å². The molecule has 1 fully saturated rings. The summed E-state index contributed by atoms with van der Waals surface area (Å²) in [7, 11) is 0. The van der Waals surface area contributed by atoms with Crippen molar-refractivity contribution in [3.8, 4) is 0 Å². The zero-order valence-corrected chi connectivity index (χ0v) is 14.1. The smallest absolute Gasteiger partial charge is 0.239 e. The van der Waals surface area contributed by atoms with Crippen LogP contribution in [0.1, 0.15) is 11.3 Å². The number of thioether (sulfide) groups is 1. The first-order chi connectivity index (χ1) is 12.3. The summed E-state index contributed by atoms with van der Waals surface area (Å²) in [6.45, 7) is 0.488. The van der Waals surface area contributed by atoms with E-state index in [1.807, 2.05) is 24.3 Å². The fraction of sp³-hybridized carbons (Fsp3) is 0.105. The van der Waals surface area contributed by atoms with Crippen molar-refractivity contribution in [2.24, 2.45) is 10.2 Å². The predicted molar refractivity (Wildman–Crippen MR) is 101 cm³/mol. The average molecular weight is 349 g/mol. The summed E-state index contributed by atoms with van der Waals surface area (Å²) in [6, 6.07) is 17.9. The summed E-state index contributed by atoms with van der Waals surface area (Å²) < 4.78 is 5.18. The van der Waals surface area contributed by atoms with Gasteiger partial charge in [-0.3, -0.25) is 9.69 Å². The Bertz CT molecular complexity index is 958. The van der Waals surface area contributed by atoms with E-state index in [2.05, 4.69) is 28.4 Å². The molecule has 4 rings (SSSR count). The third kappa shape index (κ3) is 3.34. The Morgan fingerprint density at radius 1 is 1.12 bits per heavy atom. The van der Waals surface area contributed by atoms with Crippen LogP contribution in [0.5, 0.6) is 0 Å². The molecule has 0 N–H and O–H groups in total. The molecule has 1 aliphatic heterocycles. The molecule has 2 aromatic carbocycles. The summed E-state index contributed by atoms with van der Waals surface area (Å²) in [5, 5.41) is 11.2. The first-order valence-electron chi connectivity index (χ1n) is 7.85. The Kier molecular flexibility index (Phi) is 4.35. The van der Waals surface area contributed by atoms with Crippen molar-refractivity contribution < 1.29 is 9.21 Å². The number of amidine groups is 1. The van der Waals surface area contributed by atoms with Gasteiger partial charge >= 0.3 is 0 Å². The highest BCUT2D eigenvalue weighted by atomic mass is 32.2. The summed E-state index contributed by atoms with van der Waals surface area (Å²) in [5.74, 6) is 1.06. The molecule has 1 amide bonds. The molecule has 0 bridgehead atoms. The van der Waals surface area contributed by atoms with Crippen molar-refractivity contribution in [2.75, 3.05) is 5.75 Å². The molecule has 0 saturated carbocycles. The average Bonchev–Trinajstić information content (AvgIpc) is 3.27. The van der Waals surface area contributed by atoms with Gasteiger partial charge in [-0.15, -0.1) is 5.10 Å². The van der Waals surface area contributed by atoms with E-state index in [0.29, 0.717) is 23.2 Å². The normalized spacial score (nSPS) is 16.6. The van der Waals surface area contributed by atoms with E-state index in [4.69, 9.17) is 4.42 Å². The number of amides is 1. The van der Waals surface area contributed by atoms with Gasteiger partial charge in [0.1, 0.15) is 5.76 Å². The Morgan fingerprint density at radius 2 is 2.00 bits per heavy atom. The molecule has 5 nitrogen and oxygen atoms in total. The maximum atomic E-state index is 12.3. The minimum absolute atomic E-state index is 0.0462. The number of rotatable bonds is 4. The van der Waals surface area contributed by atoms with Crippen LogP contribution >= 0.6 is 11.8 Å². The molecule has 0 aliphatic carbocycles. The van der Waals surface area contributed by atoms with Gasteiger partial charge in [0.25, 0.3) is 0 Å². The Hall–Kier alpha value is -2.86. The summed E-state index contributed by atoms with van der Waals surface area (Å²) in [6.07, 6.45) is 3.11. The Balaban J connectivity index is 1.60. The highest BCUT2D eigenvalue weighted by molar-refractivity contribution is 8.15. The zero-order valence-electron chi connectivity index (χ0n) is 13.3. The van der Waals surface area contributed by atoms with Crippen molar-refractivity contribution in [1.82, 2.24) is 4.90 Å². The van der Waals surface area contributed by atoms with Gasteiger partial charge in [-0.2, -0.15) is 5.10 Å². The van der Waals surface area contributed by atoms with Crippen LogP contribution in [0.2, 0.25) is 0 Å². The molecule has 0 unspecified atom stereocenters. The SMILES string of the molecule is O=C1CS/C(=N/N=C\c2ccco2)N1Cc1cccc2ccccc12. The van der Waals surface area contributed by atoms with Gasteiger partial charge in [0.15, 0.2) is 5.17 Å². The highest BCUT2D eigenvalue weighted by Gasteiger charge is 2.28. The summed E-state index contributed by atoms with van der Waals surface area (Å²) >= 11 is 1.40. The number of benzene rings is 2. The molecule has 3 aromatic rings. The first kappa shape index (κ1) is 15.7. The molecule has 0 spiro atoms. The fourth-order valence-corrected chi connectivity index (χ4v) is 3.56. The largest absolute Gasteiger partial charge is 0.463 e. The third-order valence-corrected chi connectivity index (χ3v) is 4.89. The van der Waals surface area contributed by atoms with Crippen LogP contribution in [0.15, 0.2) is 75.5 Å². The minimum atomic E-state index is 0.0462. The van der Waals surface area contributed by atoms with Crippen LogP contribution in [0.4, 0.5) is 0 Å². The van der Waals surface area contributed by atoms with E-state index in [1.54, 1.807) is 23.3 Å². The van der Waals surface area contributed by atoms with Gasteiger partial charge in [0, 0.05) is 0 Å². The topological polar surface area (TPSA) is 58.2 Å². The maximum absolute atomic E-state index is 12.3. The van der Waals surface area contributed by atoms with Crippen LogP contribution in [0.3, 0.4) is 0 Å². The van der Waals surface area contributed by atoms with E-state index < -0.39 is 0 Å². The van der Waals surface area contributed by atoms with Gasteiger partial charge < -0.3 is 4.42 Å². The molecule has 1 aliphatic rings. The number of hydrogen-bond acceptors (Lipinski definition) is 5. The number of furan rings is 1. The lowest BCUT2D eigenvalue weighted by Crippen LogP contribution is -2.28. The van der Waals surface area contributed by atoms with Gasteiger partial charge in [0.2, 0.25) is 5.91 Å². The molecule has 1 aromatic heterocycles. The molecule has 0 atom stereocenters. The van der Waals surface area contributed by atoms with Crippen molar-refractivity contribution in [2.45, 2.75) is 6.54 Å². The molecule has 6 heteroatoms. The monoisotopic (exact) mass is 349 g/mol. The summed E-state index contributed by atoms with van der Waals surface area (Å²) in [4.78, 5) is 14.0. The number of carbonyl (C=O) groups is 1. The lowest BCUT2D eigenvalue weighted by molar-refractivity contribution is -0.124. The first-order valence-corrected chi connectivity index (χ1v) is 8.84. The second-order valence-electron chi connectivity index (χ2n) is 5.55.